The normalized spacial score (nSPS) is 21.1. The van der Waals surface area contributed by atoms with Crippen LogP contribution in [0.4, 0.5) is 0 Å². The average Bonchev–Trinajstić information content (AvgIpc) is 3.49. The van der Waals surface area contributed by atoms with E-state index in [4.69, 9.17) is 30.5 Å². The van der Waals surface area contributed by atoms with Gasteiger partial charge in [0.25, 0.3) is 5.91 Å². The van der Waals surface area contributed by atoms with Crippen molar-refractivity contribution in [3.05, 3.63) is 87.9 Å². The van der Waals surface area contributed by atoms with Gasteiger partial charge in [0, 0.05) is 30.2 Å². The number of amides is 2. The highest BCUT2D eigenvalue weighted by atomic mass is 35.5. The molecule has 10 heteroatoms. The number of benzene rings is 3. The third-order valence-corrected chi connectivity index (χ3v) is 9.57. The second-order valence-electron chi connectivity index (χ2n) is 11.7. The van der Waals surface area contributed by atoms with Crippen molar-refractivity contribution in [3.63, 3.8) is 0 Å². The van der Waals surface area contributed by atoms with Crippen LogP contribution in [0.15, 0.2) is 60.7 Å². The molecule has 0 aromatic heterocycles. The van der Waals surface area contributed by atoms with E-state index in [9.17, 15) is 9.59 Å². The first-order chi connectivity index (χ1) is 21.3. The third kappa shape index (κ3) is 5.60. The summed E-state index contributed by atoms with van der Waals surface area (Å²) in [5, 5.41) is 3.97. The van der Waals surface area contributed by atoms with E-state index in [2.05, 4.69) is 28.4 Å². The van der Waals surface area contributed by atoms with Gasteiger partial charge in [0.15, 0.2) is 11.5 Å². The van der Waals surface area contributed by atoms with Crippen molar-refractivity contribution in [2.75, 3.05) is 54.2 Å². The van der Waals surface area contributed by atoms with Crippen LogP contribution in [-0.4, -0.2) is 75.9 Å². The van der Waals surface area contributed by atoms with Crippen molar-refractivity contribution in [2.45, 2.75) is 36.8 Å². The summed E-state index contributed by atoms with van der Waals surface area (Å²) >= 11 is 6.24. The van der Waals surface area contributed by atoms with Gasteiger partial charge in [0.1, 0.15) is 12.3 Å². The Bertz CT molecular complexity index is 1510. The Morgan fingerprint density at radius 3 is 2.32 bits per heavy atom. The summed E-state index contributed by atoms with van der Waals surface area (Å²) in [6.45, 7) is 2.99. The van der Waals surface area contributed by atoms with Crippen LogP contribution in [0.5, 0.6) is 17.2 Å². The maximum atomic E-state index is 13.8. The van der Waals surface area contributed by atoms with E-state index in [-0.39, 0.29) is 24.1 Å². The first kappa shape index (κ1) is 30.2. The second-order valence-corrected chi connectivity index (χ2v) is 12.2. The lowest BCUT2D eigenvalue weighted by molar-refractivity contribution is -0.124. The summed E-state index contributed by atoms with van der Waals surface area (Å²) < 4.78 is 22.9. The second kappa shape index (κ2) is 12.3. The van der Waals surface area contributed by atoms with Gasteiger partial charge in [-0.05, 0) is 60.2 Å². The molecule has 0 saturated carbocycles. The van der Waals surface area contributed by atoms with Gasteiger partial charge >= 0.3 is 0 Å². The molecule has 44 heavy (non-hydrogen) atoms. The van der Waals surface area contributed by atoms with Crippen LogP contribution in [0.3, 0.4) is 0 Å². The summed E-state index contributed by atoms with van der Waals surface area (Å²) in [6, 6.07) is 19.3. The molecule has 9 nitrogen and oxygen atoms in total. The number of hydrogen-bond donors (Lipinski definition) is 1. The average molecular weight is 620 g/mol. The Morgan fingerprint density at radius 1 is 0.977 bits per heavy atom. The zero-order chi connectivity index (χ0) is 30.9. The van der Waals surface area contributed by atoms with Crippen molar-refractivity contribution in [1.29, 1.82) is 0 Å². The van der Waals surface area contributed by atoms with Gasteiger partial charge in [0.05, 0.1) is 39.8 Å². The van der Waals surface area contributed by atoms with Gasteiger partial charge in [-0.15, -0.1) is 0 Å². The number of piperidine rings is 1. The molecule has 2 amide bonds. The minimum atomic E-state index is -0.707. The summed E-state index contributed by atoms with van der Waals surface area (Å²) in [4.78, 5) is 30.5. The summed E-state index contributed by atoms with van der Waals surface area (Å²) in [5.74, 6) is 1.17. The van der Waals surface area contributed by atoms with Gasteiger partial charge in [-0.3, -0.25) is 9.59 Å². The lowest BCUT2D eigenvalue weighted by Crippen LogP contribution is -2.56. The maximum Gasteiger partial charge on any atom is 0.256 e. The number of likely N-dealkylation sites (tertiary alicyclic amines) is 1. The fourth-order valence-electron chi connectivity index (χ4n) is 6.93. The number of rotatable bonds is 8. The number of carbonyl (C=O) groups is 2. The Morgan fingerprint density at radius 2 is 1.66 bits per heavy atom. The first-order valence-electron chi connectivity index (χ1n) is 14.9. The van der Waals surface area contributed by atoms with Crippen LogP contribution in [-0.2, 0) is 27.1 Å². The van der Waals surface area contributed by atoms with E-state index in [0.29, 0.717) is 47.2 Å². The van der Waals surface area contributed by atoms with E-state index in [1.54, 1.807) is 17.0 Å². The molecule has 2 fully saturated rings. The highest BCUT2D eigenvalue weighted by Gasteiger charge is 2.45. The maximum absolute atomic E-state index is 13.8. The zero-order valence-corrected chi connectivity index (χ0v) is 26.1. The Balaban J connectivity index is 1.19. The number of fused-ring (bicyclic) bond motifs is 2. The van der Waals surface area contributed by atoms with Crippen LogP contribution >= 0.6 is 11.6 Å². The van der Waals surface area contributed by atoms with E-state index < -0.39 is 5.60 Å². The molecule has 6 rings (SSSR count). The van der Waals surface area contributed by atoms with Crippen molar-refractivity contribution < 1.29 is 28.5 Å². The predicted octanol–water partition coefficient (Wildman–Crippen LogP) is 4.74. The molecule has 232 valence electrons. The molecule has 2 saturated heterocycles. The van der Waals surface area contributed by atoms with E-state index in [1.807, 2.05) is 30.3 Å². The van der Waals surface area contributed by atoms with E-state index >= 15 is 0 Å². The standard InChI is InChI=1S/C34H38ClN3O6/c1-41-28-18-24(19-29(42-2)31(28)43-3)32(40)38-21-34(44-22-38,25-8-10-26(35)11-9-25)14-17-37-15-12-33(13-16-37)27-7-5-4-6-23(27)20-30(39)36-33/h4-11,18-19H,12-17,20-22H2,1-3H3,(H,36,39)/t34-/m0/s1. The molecular formula is C34H38ClN3O6. The number of methoxy groups -OCH3 is 3. The Hall–Kier alpha value is -3.79. The molecule has 3 aliphatic rings. The zero-order valence-electron chi connectivity index (χ0n) is 25.4. The predicted molar refractivity (Wildman–Crippen MR) is 166 cm³/mol. The summed E-state index contributed by atoms with van der Waals surface area (Å²) in [6.07, 6.45) is 2.81. The molecule has 3 aliphatic heterocycles. The molecule has 1 N–H and O–H groups in total. The van der Waals surface area contributed by atoms with E-state index in [1.165, 1.54) is 26.9 Å². The van der Waals surface area contributed by atoms with E-state index in [0.717, 1.165) is 43.6 Å². The van der Waals surface area contributed by atoms with Crippen LogP contribution in [0.2, 0.25) is 5.02 Å². The fraction of sp³-hybridized carbons (Fsp3) is 0.412. The first-order valence-corrected chi connectivity index (χ1v) is 15.3. The SMILES string of the molecule is COc1cc(C(=O)N2CO[C@](CCN3CCC4(CC3)NC(=O)Cc3ccccc34)(c3ccc(Cl)cc3)C2)cc(OC)c1OC. The largest absolute Gasteiger partial charge is 0.493 e. The van der Waals surface area contributed by atoms with Crippen molar-refractivity contribution in [2.24, 2.45) is 0 Å². The van der Waals surface area contributed by atoms with Crippen molar-refractivity contribution in [3.8, 4) is 17.2 Å². The lowest BCUT2D eigenvalue weighted by atomic mass is 9.75. The monoisotopic (exact) mass is 619 g/mol. The smallest absolute Gasteiger partial charge is 0.256 e. The highest BCUT2D eigenvalue weighted by molar-refractivity contribution is 6.30. The van der Waals surface area contributed by atoms with Crippen LogP contribution < -0.4 is 19.5 Å². The molecular weight excluding hydrogens is 582 g/mol. The van der Waals surface area contributed by atoms with Crippen LogP contribution in [0, 0.1) is 0 Å². The quantitative estimate of drug-likeness (QED) is 0.389. The molecule has 3 heterocycles. The number of nitrogens with one attached hydrogen (secondary N) is 1. The number of hydrogen-bond acceptors (Lipinski definition) is 7. The molecule has 3 aromatic carbocycles. The topological polar surface area (TPSA) is 89.6 Å². The molecule has 0 aliphatic carbocycles. The summed E-state index contributed by atoms with van der Waals surface area (Å²) in [5.41, 5.74) is 2.75. The Labute approximate surface area is 263 Å². The number of halogens is 1. The molecule has 0 bridgehead atoms. The van der Waals surface area contributed by atoms with Crippen LogP contribution in [0.1, 0.15) is 46.3 Å². The Kier molecular flexibility index (Phi) is 8.46. The lowest BCUT2D eigenvalue weighted by Gasteiger charge is -2.46. The number of nitrogens with zero attached hydrogens (tertiary/aromatic N) is 2. The molecule has 0 unspecified atom stereocenters. The van der Waals surface area contributed by atoms with Gasteiger partial charge in [-0.2, -0.15) is 0 Å². The number of carbonyl (C=O) groups excluding carboxylic acids is 2. The fourth-order valence-corrected chi connectivity index (χ4v) is 7.05. The minimum absolute atomic E-state index is 0.0926. The van der Waals surface area contributed by atoms with Gasteiger partial charge in [-0.1, -0.05) is 48.0 Å². The van der Waals surface area contributed by atoms with Gasteiger partial charge in [0.2, 0.25) is 11.7 Å². The number of ether oxygens (including phenoxy) is 4. The van der Waals surface area contributed by atoms with Crippen molar-refractivity contribution in [1.82, 2.24) is 15.1 Å². The van der Waals surface area contributed by atoms with Crippen molar-refractivity contribution >= 4 is 23.4 Å². The van der Waals surface area contributed by atoms with Crippen LogP contribution in [0.25, 0.3) is 0 Å². The van der Waals surface area contributed by atoms with Gasteiger partial charge in [-0.25, -0.2) is 0 Å². The van der Waals surface area contributed by atoms with Gasteiger partial charge < -0.3 is 34.1 Å². The minimum Gasteiger partial charge on any atom is -0.493 e. The molecule has 0 radical (unpaired) electrons. The third-order valence-electron chi connectivity index (χ3n) is 9.32. The highest BCUT2D eigenvalue weighted by Crippen LogP contribution is 2.42. The molecule has 3 aromatic rings. The molecule has 1 atom stereocenters. The summed E-state index contributed by atoms with van der Waals surface area (Å²) in [7, 11) is 4.59. The molecule has 1 spiro atoms.